The van der Waals surface area contributed by atoms with Gasteiger partial charge in [-0.2, -0.15) is 4.98 Å². The molecule has 2 heterocycles. The standard InChI is InChI=1S/C21H30FN3O7/c1-6-8-14(9-7-2)19(28)23-18-15(22)10-25(21(29)24-18)20-17(32-13(5)27)16(11(3)30-20)31-12(4)26/h10-11,14,16-17,20H,6-9H2,1-5H3,(H,23,24,28,29)/t11-,16-,17-,20-/m1/s1. The number of aromatic nitrogens is 2. The number of hydrogen-bond acceptors (Lipinski definition) is 8. The number of ether oxygens (including phenoxy) is 3. The van der Waals surface area contributed by atoms with Crippen molar-refractivity contribution in [1.82, 2.24) is 9.55 Å². The Labute approximate surface area is 185 Å². The van der Waals surface area contributed by atoms with Crippen LogP contribution in [-0.4, -0.2) is 45.7 Å². The third-order valence-corrected chi connectivity index (χ3v) is 5.09. The average Bonchev–Trinajstić information content (AvgIpc) is 2.98. The highest BCUT2D eigenvalue weighted by atomic mass is 19.1. The summed E-state index contributed by atoms with van der Waals surface area (Å²) in [6.07, 6.45) is -0.548. The quantitative estimate of drug-likeness (QED) is 0.562. The van der Waals surface area contributed by atoms with Crippen LogP contribution >= 0.6 is 0 Å². The van der Waals surface area contributed by atoms with Crippen LogP contribution in [0.2, 0.25) is 0 Å². The SMILES string of the molecule is CCCC(CCC)C(=O)Nc1nc(=O)n([C@@H]2O[C@H](C)[C@@H](OC(C)=O)[C@H]2OC(C)=O)cc1F. The predicted octanol–water partition coefficient (Wildman–Crippen LogP) is 2.32. The van der Waals surface area contributed by atoms with Gasteiger partial charge in [-0.25, -0.2) is 9.18 Å². The summed E-state index contributed by atoms with van der Waals surface area (Å²) in [5.74, 6) is -3.50. The molecule has 10 nitrogen and oxygen atoms in total. The lowest BCUT2D eigenvalue weighted by atomic mass is 9.97. The van der Waals surface area contributed by atoms with E-state index in [0.717, 1.165) is 30.5 Å². The molecule has 0 aromatic carbocycles. The second-order valence-corrected chi connectivity index (χ2v) is 7.77. The Hall–Kier alpha value is -2.82. The Kier molecular flexibility index (Phi) is 8.88. The lowest BCUT2D eigenvalue weighted by Crippen LogP contribution is -2.40. The minimum absolute atomic E-state index is 0.314. The van der Waals surface area contributed by atoms with Crippen molar-refractivity contribution in [3.05, 3.63) is 22.5 Å². The first-order valence-electron chi connectivity index (χ1n) is 10.7. The van der Waals surface area contributed by atoms with Crippen LogP contribution in [-0.2, 0) is 28.6 Å². The predicted molar refractivity (Wildman–Crippen MR) is 111 cm³/mol. The molecular weight excluding hydrogens is 425 g/mol. The van der Waals surface area contributed by atoms with Gasteiger partial charge in [-0.1, -0.05) is 26.7 Å². The van der Waals surface area contributed by atoms with Gasteiger partial charge >= 0.3 is 17.6 Å². The van der Waals surface area contributed by atoms with Crippen molar-refractivity contribution in [2.75, 3.05) is 5.32 Å². The fraction of sp³-hybridized carbons (Fsp3) is 0.667. The number of carbonyl (C=O) groups is 3. The van der Waals surface area contributed by atoms with E-state index >= 15 is 0 Å². The number of anilines is 1. The Morgan fingerprint density at radius 1 is 1.16 bits per heavy atom. The highest BCUT2D eigenvalue weighted by Crippen LogP contribution is 2.33. The monoisotopic (exact) mass is 455 g/mol. The minimum Gasteiger partial charge on any atom is -0.456 e. The minimum atomic E-state index is -1.27. The van der Waals surface area contributed by atoms with Gasteiger partial charge < -0.3 is 19.5 Å². The fourth-order valence-corrected chi connectivity index (χ4v) is 3.74. The molecule has 0 bridgehead atoms. The van der Waals surface area contributed by atoms with Crippen LogP contribution in [0, 0.1) is 11.7 Å². The van der Waals surface area contributed by atoms with E-state index in [4.69, 9.17) is 14.2 Å². The second-order valence-electron chi connectivity index (χ2n) is 7.77. The number of nitrogens with zero attached hydrogens (tertiary/aromatic N) is 2. The third kappa shape index (κ3) is 6.12. The molecule has 1 aliphatic heterocycles. The van der Waals surface area contributed by atoms with E-state index in [1.54, 1.807) is 6.92 Å². The molecule has 178 valence electrons. The Morgan fingerprint density at radius 3 is 2.25 bits per heavy atom. The normalized spacial score (nSPS) is 22.6. The van der Waals surface area contributed by atoms with Crippen molar-refractivity contribution in [2.45, 2.75) is 84.8 Å². The first-order chi connectivity index (χ1) is 15.1. The van der Waals surface area contributed by atoms with Gasteiger partial charge in [0, 0.05) is 19.8 Å². The molecular formula is C21H30FN3O7. The highest BCUT2D eigenvalue weighted by molar-refractivity contribution is 5.91. The maximum Gasteiger partial charge on any atom is 0.351 e. The molecule has 1 aliphatic rings. The van der Waals surface area contributed by atoms with Gasteiger partial charge in [-0.15, -0.1) is 0 Å². The van der Waals surface area contributed by atoms with Crippen LogP contribution in [0.3, 0.4) is 0 Å². The molecule has 1 aromatic rings. The molecule has 1 N–H and O–H groups in total. The summed E-state index contributed by atoms with van der Waals surface area (Å²) >= 11 is 0. The van der Waals surface area contributed by atoms with Gasteiger partial charge in [0.1, 0.15) is 0 Å². The van der Waals surface area contributed by atoms with E-state index in [1.807, 2.05) is 13.8 Å². The maximum atomic E-state index is 14.8. The number of nitrogens with one attached hydrogen (secondary N) is 1. The summed E-state index contributed by atoms with van der Waals surface area (Å²) in [5.41, 5.74) is -0.929. The zero-order valence-electron chi connectivity index (χ0n) is 18.9. The molecule has 1 amide bonds. The molecule has 1 aromatic heterocycles. The molecule has 4 atom stereocenters. The first-order valence-corrected chi connectivity index (χ1v) is 10.7. The lowest BCUT2D eigenvalue weighted by Gasteiger charge is -2.23. The van der Waals surface area contributed by atoms with Gasteiger partial charge in [0.05, 0.1) is 12.3 Å². The topological polar surface area (TPSA) is 126 Å². The molecule has 0 aliphatic carbocycles. The van der Waals surface area contributed by atoms with Crippen molar-refractivity contribution in [2.24, 2.45) is 5.92 Å². The van der Waals surface area contributed by atoms with E-state index in [-0.39, 0.29) is 5.92 Å². The van der Waals surface area contributed by atoms with Crippen molar-refractivity contribution in [1.29, 1.82) is 0 Å². The molecule has 0 radical (unpaired) electrons. The number of halogens is 1. The highest BCUT2D eigenvalue weighted by Gasteiger charge is 2.48. The Balaban J connectivity index is 2.33. The van der Waals surface area contributed by atoms with Crippen molar-refractivity contribution >= 4 is 23.7 Å². The summed E-state index contributed by atoms with van der Waals surface area (Å²) in [6, 6.07) is 0. The van der Waals surface area contributed by atoms with E-state index in [2.05, 4.69) is 10.3 Å². The molecule has 2 rings (SSSR count). The number of amides is 1. The zero-order chi connectivity index (χ0) is 24.0. The molecule has 0 unspecified atom stereocenters. The third-order valence-electron chi connectivity index (χ3n) is 5.09. The summed E-state index contributed by atoms with van der Waals surface area (Å²) in [4.78, 5) is 51.8. The smallest absolute Gasteiger partial charge is 0.351 e. The van der Waals surface area contributed by atoms with E-state index in [1.165, 1.54) is 6.92 Å². The van der Waals surface area contributed by atoms with Gasteiger partial charge in [0.2, 0.25) is 5.91 Å². The second kappa shape index (κ2) is 11.2. The molecule has 0 saturated carbocycles. The largest absolute Gasteiger partial charge is 0.456 e. The average molecular weight is 455 g/mol. The van der Waals surface area contributed by atoms with Crippen LogP contribution in [0.5, 0.6) is 0 Å². The van der Waals surface area contributed by atoms with Crippen LogP contribution in [0.4, 0.5) is 10.2 Å². The molecule has 1 fully saturated rings. The number of rotatable bonds is 9. The number of esters is 2. The lowest BCUT2D eigenvalue weighted by molar-refractivity contribution is -0.165. The first kappa shape index (κ1) is 25.4. The molecule has 1 saturated heterocycles. The van der Waals surface area contributed by atoms with Crippen LogP contribution in [0.15, 0.2) is 11.0 Å². The molecule has 11 heteroatoms. The number of carbonyl (C=O) groups excluding carboxylic acids is 3. The Bertz CT molecular complexity index is 898. The Morgan fingerprint density at radius 2 is 1.72 bits per heavy atom. The zero-order valence-corrected chi connectivity index (χ0v) is 18.9. The van der Waals surface area contributed by atoms with Crippen molar-refractivity contribution in [3.8, 4) is 0 Å². The van der Waals surface area contributed by atoms with Gasteiger partial charge in [0.15, 0.2) is 30.1 Å². The fourth-order valence-electron chi connectivity index (χ4n) is 3.74. The van der Waals surface area contributed by atoms with E-state index in [0.29, 0.717) is 12.8 Å². The van der Waals surface area contributed by atoms with E-state index < -0.39 is 59.7 Å². The maximum absolute atomic E-state index is 14.8. The molecule has 32 heavy (non-hydrogen) atoms. The van der Waals surface area contributed by atoms with Gasteiger partial charge in [-0.05, 0) is 19.8 Å². The van der Waals surface area contributed by atoms with Crippen LogP contribution in [0.1, 0.15) is 66.5 Å². The summed E-state index contributed by atoms with van der Waals surface area (Å²) < 4.78 is 31.6. The van der Waals surface area contributed by atoms with E-state index in [9.17, 15) is 23.6 Å². The van der Waals surface area contributed by atoms with Crippen molar-refractivity contribution in [3.63, 3.8) is 0 Å². The van der Waals surface area contributed by atoms with Crippen molar-refractivity contribution < 1.29 is 33.0 Å². The van der Waals surface area contributed by atoms with Crippen LogP contribution < -0.4 is 11.0 Å². The summed E-state index contributed by atoms with van der Waals surface area (Å²) in [7, 11) is 0. The summed E-state index contributed by atoms with van der Waals surface area (Å²) in [5, 5.41) is 2.39. The summed E-state index contributed by atoms with van der Waals surface area (Å²) in [6.45, 7) is 7.78. The van der Waals surface area contributed by atoms with Gasteiger partial charge in [-0.3, -0.25) is 19.0 Å². The molecule has 0 spiro atoms. The number of hydrogen-bond donors (Lipinski definition) is 1. The van der Waals surface area contributed by atoms with Crippen LogP contribution in [0.25, 0.3) is 0 Å². The van der Waals surface area contributed by atoms with Gasteiger partial charge in [0.25, 0.3) is 0 Å².